The Labute approximate surface area is 205 Å². The molecule has 0 unspecified atom stereocenters. The number of fused-ring (bicyclic) bond motifs is 5. The number of hydrogen-bond acceptors (Lipinski definition) is 5. The largest absolute Gasteiger partial charge is 0.393 e. The Bertz CT molecular complexity index is 863. The Morgan fingerprint density at radius 1 is 1.03 bits per heavy atom. The average Bonchev–Trinajstić information content (AvgIpc) is 3.09. The van der Waals surface area contributed by atoms with Gasteiger partial charge in [-0.15, -0.1) is 0 Å². The summed E-state index contributed by atoms with van der Waals surface area (Å²) in [6, 6.07) is 0. The van der Waals surface area contributed by atoms with Gasteiger partial charge >= 0.3 is 0 Å². The highest BCUT2D eigenvalue weighted by Crippen LogP contribution is 2.68. The van der Waals surface area contributed by atoms with Crippen molar-refractivity contribution in [3.63, 3.8) is 0 Å². The molecule has 0 radical (unpaired) electrons. The lowest BCUT2D eigenvalue weighted by Crippen LogP contribution is -2.58. The van der Waals surface area contributed by atoms with Crippen LogP contribution >= 0.6 is 0 Å². The van der Waals surface area contributed by atoms with Gasteiger partial charge in [0.25, 0.3) is 10.1 Å². The van der Waals surface area contributed by atoms with Crippen molar-refractivity contribution < 1.29 is 28.0 Å². The Morgan fingerprint density at radius 3 is 2.41 bits per heavy atom. The number of hydrogen-bond donors (Lipinski definition) is 4. The predicted molar refractivity (Wildman–Crippen MR) is 130 cm³/mol. The first-order valence-corrected chi connectivity index (χ1v) is 15.0. The van der Waals surface area contributed by atoms with E-state index in [0.29, 0.717) is 41.9 Å². The topological polar surface area (TPSA) is 124 Å². The number of aliphatic hydroxyl groups is 2. The van der Waals surface area contributed by atoms with E-state index < -0.39 is 15.9 Å². The fourth-order valence-electron chi connectivity index (χ4n) is 9.14. The predicted octanol–water partition coefficient (Wildman–Crippen LogP) is 3.40. The molecule has 4 saturated carbocycles. The van der Waals surface area contributed by atoms with Gasteiger partial charge in [-0.05, 0) is 104 Å². The summed E-state index contributed by atoms with van der Waals surface area (Å²) in [6.45, 7) is 7.05. The first-order valence-electron chi connectivity index (χ1n) is 13.4. The first-order chi connectivity index (χ1) is 15.8. The summed E-state index contributed by atoms with van der Waals surface area (Å²) in [6.07, 6.45) is 8.87. The molecule has 196 valence electrons. The second-order valence-corrected chi connectivity index (χ2v) is 14.2. The molecule has 4 N–H and O–H groups in total. The van der Waals surface area contributed by atoms with Gasteiger partial charge in [-0.25, -0.2) is 0 Å². The monoisotopic (exact) mass is 499 g/mol. The van der Waals surface area contributed by atoms with Crippen molar-refractivity contribution in [1.82, 2.24) is 5.32 Å². The van der Waals surface area contributed by atoms with E-state index in [-0.39, 0.29) is 35.5 Å². The fourth-order valence-corrected chi connectivity index (χ4v) is 9.50. The second-order valence-electron chi connectivity index (χ2n) is 12.6. The third-order valence-corrected chi connectivity index (χ3v) is 11.6. The normalized spacial score (nSPS) is 45.1. The molecule has 1 amide bonds. The van der Waals surface area contributed by atoms with Crippen molar-refractivity contribution in [2.75, 3.05) is 12.3 Å². The maximum atomic E-state index is 12.2. The highest BCUT2D eigenvalue weighted by molar-refractivity contribution is 7.85. The maximum Gasteiger partial charge on any atom is 0.266 e. The minimum absolute atomic E-state index is 0.0625. The van der Waals surface area contributed by atoms with E-state index in [9.17, 15) is 23.4 Å². The van der Waals surface area contributed by atoms with Gasteiger partial charge in [0.2, 0.25) is 5.91 Å². The minimum atomic E-state index is -4.06. The van der Waals surface area contributed by atoms with Crippen LogP contribution in [0, 0.1) is 46.3 Å². The van der Waals surface area contributed by atoms with Gasteiger partial charge in [-0.3, -0.25) is 9.35 Å². The van der Waals surface area contributed by atoms with Gasteiger partial charge in [0.1, 0.15) is 0 Å². The highest BCUT2D eigenvalue weighted by atomic mass is 32.2. The Hall–Kier alpha value is -0.700. The molecule has 0 aromatic heterocycles. The van der Waals surface area contributed by atoms with Gasteiger partial charge in [-0.1, -0.05) is 20.8 Å². The Balaban J connectivity index is 1.39. The average molecular weight is 500 g/mol. The molecule has 4 aliphatic rings. The summed E-state index contributed by atoms with van der Waals surface area (Å²) >= 11 is 0. The summed E-state index contributed by atoms with van der Waals surface area (Å²) in [5.41, 5.74) is 0.411. The van der Waals surface area contributed by atoms with Crippen molar-refractivity contribution in [1.29, 1.82) is 0 Å². The molecule has 10 atom stereocenters. The smallest absolute Gasteiger partial charge is 0.266 e. The summed E-state index contributed by atoms with van der Waals surface area (Å²) in [5, 5.41) is 24.2. The van der Waals surface area contributed by atoms with Crippen molar-refractivity contribution >= 4 is 16.0 Å². The van der Waals surface area contributed by atoms with Gasteiger partial charge < -0.3 is 15.5 Å². The molecule has 0 aliphatic heterocycles. The number of rotatable bonds is 7. The molecule has 0 heterocycles. The van der Waals surface area contributed by atoms with E-state index in [2.05, 4.69) is 26.1 Å². The van der Waals surface area contributed by atoms with Crippen LogP contribution < -0.4 is 5.32 Å². The molecular weight excluding hydrogens is 454 g/mol. The molecule has 0 bridgehead atoms. The number of carbonyl (C=O) groups is 1. The lowest BCUT2D eigenvalue weighted by molar-refractivity contribution is -0.174. The zero-order valence-corrected chi connectivity index (χ0v) is 21.9. The highest BCUT2D eigenvalue weighted by Gasteiger charge is 2.62. The molecule has 0 spiro atoms. The minimum Gasteiger partial charge on any atom is -0.393 e. The van der Waals surface area contributed by atoms with Gasteiger partial charge in [0.05, 0.1) is 18.0 Å². The van der Waals surface area contributed by atoms with E-state index in [1.165, 1.54) is 6.42 Å². The Kier molecular flexibility index (Phi) is 7.47. The molecule has 34 heavy (non-hydrogen) atoms. The standard InChI is InChI=1S/C26H45NO6S/c1-16(4-7-23(30)27-12-13-34(31,32)33)19-5-6-20-24-21(9-11-26(19,20)3)25(2)10-8-18(28)14-17(25)15-22(24)29/h16-22,24,28-29H,4-15H2,1-3H3,(H,27,30)(H,31,32,33)/t16-,17-,18+,19-,20+,21+,22-,24+,25+,26-/m1/s1. The summed E-state index contributed by atoms with van der Waals surface area (Å²) < 4.78 is 30.5. The van der Waals surface area contributed by atoms with E-state index in [4.69, 9.17) is 4.55 Å². The van der Waals surface area contributed by atoms with Gasteiger partial charge in [0, 0.05) is 13.0 Å². The van der Waals surface area contributed by atoms with Crippen LogP contribution in [0.4, 0.5) is 0 Å². The van der Waals surface area contributed by atoms with E-state index >= 15 is 0 Å². The molecule has 4 aliphatic carbocycles. The van der Waals surface area contributed by atoms with E-state index in [0.717, 1.165) is 51.4 Å². The van der Waals surface area contributed by atoms with E-state index in [1.54, 1.807) is 0 Å². The van der Waals surface area contributed by atoms with Crippen molar-refractivity contribution in [2.45, 2.75) is 97.2 Å². The molecule has 7 nitrogen and oxygen atoms in total. The molecule has 4 fully saturated rings. The van der Waals surface area contributed by atoms with Crippen LogP contribution in [0.3, 0.4) is 0 Å². The van der Waals surface area contributed by atoms with Crippen molar-refractivity contribution in [3.8, 4) is 0 Å². The summed E-state index contributed by atoms with van der Waals surface area (Å²) in [5.74, 6) is 2.10. The third kappa shape index (κ3) is 4.94. The number of nitrogens with one attached hydrogen (secondary N) is 1. The molecule has 0 aromatic carbocycles. The van der Waals surface area contributed by atoms with Crippen LogP contribution in [-0.4, -0.2) is 53.6 Å². The maximum absolute atomic E-state index is 12.2. The number of carbonyl (C=O) groups excluding carboxylic acids is 1. The van der Waals surface area contributed by atoms with Crippen LogP contribution in [0.15, 0.2) is 0 Å². The lowest BCUT2D eigenvalue weighted by Gasteiger charge is -2.62. The SMILES string of the molecule is C[C@H](CCC(=O)NCCS(=O)(=O)O)[C@H]1CC[C@H]2[C@@H]3[C@H](O)C[C@H]4C[C@@H](O)CC[C@]4(C)[C@H]3CC[C@]12C. The van der Waals surface area contributed by atoms with Crippen LogP contribution in [0.2, 0.25) is 0 Å². The summed E-state index contributed by atoms with van der Waals surface area (Å²) in [4.78, 5) is 12.2. The van der Waals surface area contributed by atoms with Crippen molar-refractivity contribution in [2.24, 2.45) is 46.3 Å². The van der Waals surface area contributed by atoms with Crippen LogP contribution in [0.25, 0.3) is 0 Å². The first kappa shape index (κ1) is 26.4. The molecular formula is C26H45NO6S. The zero-order valence-electron chi connectivity index (χ0n) is 21.1. The van der Waals surface area contributed by atoms with Crippen LogP contribution in [-0.2, 0) is 14.9 Å². The molecule has 4 rings (SSSR count). The fraction of sp³-hybridized carbons (Fsp3) is 0.962. The summed E-state index contributed by atoms with van der Waals surface area (Å²) in [7, 11) is -4.06. The molecule has 8 heteroatoms. The van der Waals surface area contributed by atoms with E-state index in [1.807, 2.05) is 0 Å². The van der Waals surface area contributed by atoms with Crippen molar-refractivity contribution in [3.05, 3.63) is 0 Å². The van der Waals surface area contributed by atoms with Crippen LogP contribution in [0.1, 0.15) is 85.0 Å². The van der Waals surface area contributed by atoms with Crippen LogP contribution in [0.5, 0.6) is 0 Å². The van der Waals surface area contributed by atoms with Gasteiger partial charge in [-0.2, -0.15) is 8.42 Å². The Morgan fingerprint density at radius 2 is 1.71 bits per heavy atom. The quantitative estimate of drug-likeness (QED) is 0.398. The van der Waals surface area contributed by atoms with Gasteiger partial charge in [0.15, 0.2) is 0 Å². The second kappa shape index (κ2) is 9.64. The number of amides is 1. The number of aliphatic hydroxyl groups excluding tert-OH is 2. The zero-order chi connectivity index (χ0) is 24.9. The molecule has 0 aromatic rings. The molecule has 0 saturated heterocycles. The third-order valence-electron chi connectivity index (χ3n) is 10.9. The lowest BCUT2D eigenvalue weighted by atomic mass is 9.43.